The fourth-order valence-electron chi connectivity index (χ4n) is 2.22. The van der Waals surface area contributed by atoms with Crippen LogP contribution in [0.3, 0.4) is 0 Å². The van der Waals surface area contributed by atoms with Gasteiger partial charge in [0.05, 0.1) is 0 Å². The summed E-state index contributed by atoms with van der Waals surface area (Å²) in [6.45, 7) is 0. The molecule has 1 aliphatic rings. The predicted octanol–water partition coefficient (Wildman–Crippen LogP) is 3.03. The van der Waals surface area contributed by atoms with Gasteiger partial charge in [0.2, 0.25) is 0 Å². The Bertz CT molecular complexity index is 420. The first kappa shape index (κ1) is 13.4. The van der Waals surface area contributed by atoms with Gasteiger partial charge in [-0.15, -0.1) is 0 Å². The second-order valence-electron chi connectivity index (χ2n) is 4.54. The third-order valence-corrected chi connectivity index (χ3v) is 4.44. The highest BCUT2D eigenvalue weighted by Gasteiger charge is 2.22. The number of halogens is 2. The number of anilines is 2. The van der Waals surface area contributed by atoms with E-state index in [-0.39, 0.29) is 17.7 Å². The van der Waals surface area contributed by atoms with Crippen molar-refractivity contribution >= 4 is 23.4 Å². The number of pyridine rings is 1. The molecular formula is C12H17F2N3S. The molecule has 1 aromatic heterocycles. The van der Waals surface area contributed by atoms with Gasteiger partial charge in [-0.25, -0.2) is 13.8 Å². The average Bonchev–Trinajstić information content (AvgIpc) is 2.37. The van der Waals surface area contributed by atoms with Crippen molar-refractivity contribution in [1.29, 1.82) is 0 Å². The van der Waals surface area contributed by atoms with Crippen molar-refractivity contribution in [3.8, 4) is 0 Å². The molecule has 1 aliphatic carbocycles. The molecule has 0 amide bonds. The number of nitrogens with zero attached hydrogens (tertiary/aromatic N) is 1. The molecule has 3 nitrogen and oxygen atoms in total. The summed E-state index contributed by atoms with van der Waals surface area (Å²) in [6, 6.07) is 0.971. The lowest BCUT2D eigenvalue weighted by Crippen LogP contribution is -2.28. The van der Waals surface area contributed by atoms with Gasteiger partial charge in [-0.3, -0.25) is 0 Å². The van der Waals surface area contributed by atoms with Gasteiger partial charge >= 0.3 is 0 Å². The summed E-state index contributed by atoms with van der Waals surface area (Å²) in [5.74, 6) is -1.71. The highest BCUT2D eigenvalue weighted by Crippen LogP contribution is 2.29. The molecule has 6 heteroatoms. The smallest absolute Gasteiger partial charge is 0.168 e. The summed E-state index contributed by atoms with van der Waals surface area (Å²) in [4.78, 5) is 3.72. The van der Waals surface area contributed by atoms with Gasteiger partial charge in [-0.2, -0.15) is 11.8 Å². The lowest BCUT2D eigenvalue weighted by Gasteiger charge is -2.28. The van der Waals surface area contributed by atoms with Gasteiger partial charge in [0.1, 0.15) is 0 Å². The normalized spacial score (nSPS) is 23.9. The Hall–Kier alpha value is -1.04. The van der Waals surface area contributed by atoms with Crippen molar-refractivity contribution in [3.05, 3.63) is 17.7 Å². The Morgan fingerprint density at radius 1 is 1.28 bits per heavy atom. The van der Waals surface area contributed by atoms with Gasteiger partial charge in [-0.1, -0.05) is 0 Å². The lowest BCUT2D eigenvalue weighted by atomic mass is 9.95. The predicted molar refractivity (Wildman–Crippen MR) is 71.7 cm³/mol. The number of nitrogen functional groups attached to an aromatic ring is 1. The van der Waals surface area contributed by atoms with Crippen LogP contribution in [-0.4, -0.2) is 22.5 Å². The van der Waals surface area contributed by atoms with Crippen LogP contribution in [0.5, 0.6) is 0 Å². The van der Waals surface area contributed by atoms with Gasteiger partial charge in [0, 0.05) is 17.4 Å². The summed E-state index contributed by atoms with van der Waals surface area (Å²) >= 11 is 1.87. The molecule has 0 unspecified atom stereocenters. The SMILES string of the molecule is CSC1CCC(Nc2nc(N)c(F)cc2F)CC1. The zero-order chi connectivity index (χ0) is 13.1. The van der Waals surface area contributed by atoms with E-state index in [0.29, 0.717) is 5.25 Å². The molecule has 1 saturated carbocycles. The minimum absolute atomic E-state index is 0.0569. The maximum atomic E-state index is 13.5. The van der Waals surface area contributed by atoms with Crippen LogP contribution in [0.1, 0.15) is 25.7 Å². The van der Waals surface area contributed by atoms with E-state index < -0.39 is 11.6 Å². The molecule has 0 spiro atoms. The van der Waals surface area contributed by atoms with E-state index in [0.717, 1.165) is 31.7 Å². The first-order chi connectivity index (χ1) is 8.60. The Morgan fingerprint density at radius 2 is 1.94 bits per heavy atom. The van der Waals surface area contributed by atoms with Gasteiger partial charge in [0.15, 0.2) is 23.3 Å². The summed E-state index contributed by atoms with van der Waals surface area (Å²) in [5.41, 5.74) is 5.34. The highest BCUT2D eigenvalue weighted by molar-refractivity contribution is 7.99. The van der Waals surface area contributed by atoms with E-state index in [1.54, 1.807) is 0 Å². The van der Waals surface area contributed by atoms with E-state index >= 15 is 0 Å². The molecule has 1 heterocycles. The molecule has 100 valence electrons. The molecule has 0 aromatic carbocycles. The quantitative estimate of drug-likeness (QED) is 0.889. The number of nitrogens with two attached hydrogens (primary N) is 1. The molecule has 1 fully saturated rings. The van der Waals surface area contributed by atoms with E-state index in [1.807, 2.05) is 11.8 Å². The molecule has 0 bridgehead atoms. The van der Waals surface area contributed by atoms with E-state index in [4.69, 9.17) is 5.73 Å². The second-order valence-corrected chi connectivity index (χ2v) is 5.68. The van der Waals surface area contributed by atoms with E-state index in [2.05, 4.69) is 16.6 Å². The van der Waals surface area contributed by atoms with Crippen molar-refractivity contribution in [2.24, 2.45) is 0 Å². The van der Waals surface area contributed by atoms with Gasteiger partial charge in [-0.05, 0) is 31.9 Å². The molecule has 18 heavy (non-hydrogen) atoms. The van der Waals surface area contributed by atoms with Crippen LogP contribution in [-0.2, 0) is 0 Å². The standard InChI is InChI=1S/C12H17F2N3S/c1-18-8-4-2-7(3-5-8)16-12-10(14)6-9(13)11(15)17-12/h6-8H,2-5H2,1H3,(H3,15,16,17). The summed E-state index contributed by atoms with van der Waals surface area (Å²) in [7, 11) is 0. The van der Waals surface area contributed by atoms with Crippen LogP contribution in [0.15, 0.2) is 6.07 Å². The van der Waals surface area contributed by atoms with Crippen molar-refractivity contribution in [2.45, 2.75) is 37.0 Å². The molecule has 3 N–H and O–H groups in total. The molecule has 1 aromatic rings. The van der Waals surface area contributed by atoms with E-state index in [9.17, 15) is 8.78 Å². The Labute approximate surface area is 110 Å². The zero-order valence-electron chi connectivity index (χ0n) is 10.2. The maximum absolute atomic E-state index is 13.5. The summed E-state index contributed by atoms with van der Waals surface area (Å²) in [5, 5.41) is 3.71. The van der Waals surface area contributed by atoms with Crippen LogP contribution in [0.4, 0.5) is 20.4 Å². The third-order valence-electron chi connectivity index (χ3n) is 3.31. The Morgan fingerprint density at radius 3 is 2.56 bits per heavy atom. The fraction of sp³-hybridized carbons (Fsp3) is 0.583. The second kappa shape index (κ2) is 5.73. The van der Waals surface area contributed by atoms with Crippen molar-refractivity contribution in [1.82, 2.24) is 4.98 Å². The van der Waals surface area contributed by atoms with Crippen LogP contribution in [0.2, 0.25) is 0 Å². The van der Waals surface area contributed by atoms with Gasteiger partial charge in [0.25, 0.3) is 0 Å². The average molecular weight is 273 g/mol. The number of rotatable bonds is 3. The lowest BCUT2D eigenvalue weighted by molar-refractivity contribution is 0.469. The number of aromatic nitrogens is 1. The first-order valence-corrected chi connectivity index (χ1v) is 7.29. The third kappa shape index (κ3) is 3.04. The van der Waals surface area contributed by atoms with Crippen LogP contribution >= 0.6 is 11.8 Å². The summed E-state index contributed by atoms with van der Waals surface area (Å²) in [6.07, 6.45) is 6.28. The molecule has 0 radical (unpaired) electrons. The van der Waals surface area contributed by atoms with E-state index in [1.165, 1.54) is 0 Å². The summed E-state index contributed by atoms with van der Waals surface area (Å²) < 4.78 is 26.5. The fourth-order valence-corrected chi connectivity index (χ4v) is 2.96. The van der Waals surface area contributed by atoms with Crippen LogP contribution in [0.25, 0.3) is 0 Å². The minimum atomic E-state index is -0.816. The minimum Gasteiger partial charge on any atom is -0.381 e. The largest absolute Gasteiger partial charge is 0.381 e. The highest BCUT2D eigenvalue weighted by atomic mass is 32.2. The molecule has 0 saturated heterocycles. The number of thioether (sulfide) groups is 1. The Kier molecular flexibility index (Phi) is 4.27. The van der Waals surface area contributed by atoms with Crippen LogP contribution in [0, 0.1) is 11.6 Å². The molecular weight excluding hydrogens is 256 g/mol. The number of hydrogen-bond acceptors (Lipinski definition) is 4. The van der Waals surface area contributed by atoms with Gasteiger partial charge < -0.3 is 11.1 Å². The van der Waals surface area contributed by atoms with Crippen molar-refractivity contribution in [3.63, 3.8) is 0 Å². The topological polar surface area (TPSA) is 50.9 Å². The number of hydrogen-bond donors (Lipinski definition) is 2. The monoisotopic (exact) mass is 273 g/mol. The van der Waals surface area contributed by atoms with Crippen molar-refractivity contribution in [2.75, 3.05) is 17.3 Å². The maximum Gasteiger partial charge on any atom is 0.168 e. The van der Waals surface area contributed by atoms with Crippen molar-refractivity contribution < 1.29 is 8.78 Å². The first-order valence-electron chi connectivity index (χ1n) is 6.01. The Balaban J connectivity index is 2.00. The van der Waals surface area contributed by atoms with Crippen LogP contribution < -0.4 is 11.1 Å². The molecule has 2 rings (SSSR count). The molecule has 0 atom stereocenters. The number of nitrogens with one attached hydrogen (secondary N) is 1. The zero-order valence-corrected chi connectivity index (χ0v) is 11.1. The molecule has 0 aliphatic heterocycles.